The second-order valence-corrected chi connectivity index (χ2v) is 5.25. The zero-order valence-corrected chi connectivity index (χ0v) is 10.6. The van der Waals surface area contributed by atoms with Crippen LogP contribution in [0, 0.1) is 0 Å². The minimum atomic E-state index is 1.08. The van der Waals surface area contributed by atoms with Gasteiger partial charge in [0.25, 0.3) is 0 Å². The summed E-state index contributed by atoms with van der Waals surface area (Å²) in [5.74, 6) is 2.28. The van der Waals surface area contributed by atoms with Crippen molar-refractivity contribution < 1.29 is 4.74 Å². The van der Waals surface area contributed by atoms with Crippen molar-refractivity contribution >= 4 is 0 Å². The lowest BCUT2D eigenvalue weighted by Crippen LogP contribution is -1.90. The topological polar surface area (TPSA) is 12.5 Å². The van der Waals surface area contributed by atoms with Gasteiger partial charge in [-0.3, -0.25) is 0 Å². The molecule has 0 bridgehead atoms. The minimum absolute atomic E-state index is 1.08. The third-order valence-corrected chi connectivity index (χ3v) is 4.09. The molecule has 18 heavy (non-hydrogen) atoms. The van der Waals surface area contributed by atoms with Gasteiger partial charge in [-0.1, -0.05) is 37.6 Å². The van der Waals surface area contributed by atoms with E-state index in [0.29, 0.717) is 0 Å². The van der Waals surface area contributed by atoms with Crippen LogP contribution >= 0.6 is 0 Å². The van der Waals surface area contributed by atoms with Gasteiger partial charge in [-0.15, -0.1) is 0 Å². The van der Waals surface area contributed by atoms with Gasteiger partial charge in [-0.2, -0.15) is 0 Å². The minimum Gasteiger partial charge on any atom is -0.449 e. The first-order valence-electron chi connectivity index (χ1n) is 6.83. The number of benzene rings is 2. The predicted molar refractivity (Wildman–Crippen MR) is 73.4 cm³/mol. The molecular formula is C17H16O. The van der Waals surface area contributed by atoms with Crippen LogP contribution < -0.4 is 4.74 Å². The van der Waals surface area contributed by atoms with E-state index in [4.69, 9.17) is 4.74 Å². The first-order chi connectivity index (χ1) is 8.88. The molecule has 1 heteroatoms. The molecule has 1 aliphatic heterocycles. The van der Waals surface area contributed by atoms with Gasteiger partial charge in [-0.05, 0) is 47.6 Å². The number of fused-ring (bicyclic) bond motifs is 4. The number of unbranched alkanes of at least 4 members (excludes halogenated alkanes) is 1. The van der Waals surface area contributed by atoms with Crippen LogP contribution in [-0.4, -0.2) is 0 Å². The first kappa shape index (κ1) is 10.2. The molecule has 0 amide bonds. The molecule has 2 aromatic rings. The van der Waals surface area contributed by atoms with Gasteiger partial charge < -0.3 is 4.74 Å². The molecule has 0 unspecified atom stereocenters. The molecule has 0 spiro atoms. The standard InChI is InChI=1S/C17H16O/c1-2-3-7-13-14-9-11-6-4-5-8-12(11)15(14)10-16-17(13)18-16/h4-6,8,10H,2-3,7,9H2,1H3. The fourth-order valence-electron chi connectivity index (χ4n) is 3.10. The fraction of sp³-hybridized carbons (Fsp3) is 0.294. The Morgan fingerprint density at radius 1 is 1.17 bits per heavy atom. The van der Waals surface area contributed by atoms with Crippen molar-refractivity contribution in [1.29, 1.82) is 0 Å². The number of rotatable bonds is 3. The Labute approximate surface area is 107 Å². The lowest BCUT2D eigenvalue weighted by molar-refractivity contribution is 0.639. The molecule has 0 radical (unpaired) electrons. The molecule has 4 rings (SSSR count). The molecule has 1 aliphatic carbocycles. The van der Waals surface area contributed by atoms with Crippen LogP contribution in [0.4, 0.5) is 0 Å². The molecule has 2 aliphatic rings. The molecule has 90 valence electrons. The Hall–Kier alpha value is -1.76. The largest absolute Gasteiger partial charge is 0.449 e. The molecule has 1 nitrogen and oxygen atoms in total. The van der Waals surface area contributed by atoms with E-state index in [1.807, 2.05) is 0 Å². The van der Waals surface area contributed by atoms with Gasteiger partial charge >= 0.3 is 0 Å². The Morgan fingerprint density at radius 3 is 2.94 bits per heavy atom. The van der Waals surface area contributed by atoms with Crippen molar-refractivity contribution in [3.8, 4) is 22.6 Å². The van der Waals surface area contributed by atoms with Crippen LogP contribution in [-0.2, 0) is 12.8 Å². The highest BCUT2D eigenvalue weighted by atomic mass is 16.6. The molecule has 2 aromatic carbocycles. The molecular weight excluding hydrogens is 220 g/mol. The lowest BCUT2D eigenvalue weighted by Gasteiger charge is -2.04. The average molecular weight is 236 g/mol. The molecule has 0 fully saturated rings. The van der Waals surface area contributed by atoms with E-state index >= 15 is 0 Å². The first-order valence-corrected chi connectivity index (χ1v) is 6.83. The average Bonchev–Trinajstić information content (AvgIpc) is 3.08. The lowest BCUT2D eigenvalue weighted by atomic mass is 9.97. The van der Waals surface area contributed by atoms with Crippen molar-refractivity contribution in [2.45, 2.75) is 32.6 Å². The van der Waals surface area contributed by atoms with Crippen LogP contribution in [0.3, 0.4) is 0 Å². The van der Waals surface area contributed by atoms with Crippen molar-refractivity contribution in [2.24, 2.45) is 0 Å². The van der Waals surface area contributed by atoms with E-state index in [0.717, 1.165) is 18.6 Å². The summed E-state index contributed by atoms with van der Waals surface area (Å²) in [6, 6.07) is 11.0. The zero-order chi connectivity index (χ0) is 12.1. The van der Waals surface area contributed by atoms with Gasteiger partial charge in [0, 0.05) is 5.56 Å². The molecule has 0 saturated heterocycles. The third-order valence-electron chi connectivity index (χ3n) is 4.09. The van der Waals surface area contributed by atoms with E-state index in [1.54, 1.807) is 0 Å². The van der Waals surface area contributed by atoms with Crippen molar-refractivity contribution in [3.63, 3.8) is 0 Å². The Morgan fingerprint density at radius 2 is 2.06 bits per heavy atom. The predicted octanol–water partition coefficient (Wildman–Crippen LogP) is 4.71. The van der Waals surface area contributed by atoms with Crippen molar-refractivity contribution in [1.82, 2.24) is 0 Å². The summed E-state index contributed by atoms with van der Waals surface area (Å²) in [7, 11) is 0. The fourth-order valence-corrected chi connectivity index (χ4v) is 3.10. The smallest absolute Gasteiger partial charge is 0.173 e. The van der Waals surface area contributed by atoms with Gasteiger partial charge in [0.15, 0.2) is 11.5 Å². The third kappa shape index (κ3) is 1.34. The van der Waals surface area contributed by atoms with Crippen LogP contribution in [0.1, 0.15) is 36.5 Å². The zero-order valence-electron chi connectivity index (χ0n) is 10.6. The maximum atomic E-state index is 5.64. The van der Waals surface area contributed by atoms with Crippen LogP contribution in [0.25, 0.3) is 11.1 Å². The maximum Gasteiger partial charge on any atom is 0.173 e. The summed E-state index contributed by atoms with van der Waals surface area (Å²) in [6.45, 7) is 2.25. The molecule has 0 atom stereocenters. The van der Waals surface area contributed by atoms with Gasteiger partial charge in [-0.25, -0.2) is 0 Å². The van der Waals surface area contributed by atoms with E-state index in [9.17, 15) is 0 Å². The summed E-state index contributed by atoms with van der Waals surface area (Å²) < 4.78 is 5.64. The number of hydrogen-bond donors (Lipinski definition) is 0. The van der Waals surface area contributed by atoms with Crippen LogP contribution in [0.2, 0.25) is 0 Å². The van der Waals surface area contributed by atoms with Gasteiger partial charge in [0.05, 0.1) is 0 Å². The summed E-state index contributed by atoms with van der Waals surface area (Å²) in [5.41, 5.74) is 7.27. The SMILES string of the molecule is CCCCc1c2c(cc3c1O3)-c1ccccc1C2. The van der Waals surface area contributed by atoms with Gasteiger partial charge in [0.2, 0.25) is 0 Å². The summed E-state index contributed by atoms with van der Waals surface area (Å²) in [5, 5.41) is 0. The van der Waals surface area contributed by atoms with Crippen LogP contribution in [0.5, 0.6) is 11.5 Å². The molecule has 0 aromatic heterocycles. The molecule has 0 N–H and O–H groups in total. The second-order valence-electron chi connectivity index (χ2n) is 5.25. The number of ether oxygens (including phenoxy) is 1. The van der Waals surface area contributed by atoms with E-state index in [2.05, 4.69) is 37.3 Å². The second kappa shape index (κ2) is 3.61. The van der Waals surface area contributed by atoms with E-state index in [-0.39, 0.29) is 0 Å². The highest BCUT2D eigenvalue weighted by Gasteiger charge is 2.32. The highest BCUT2D eigenvalue weighted by Crippen LogP contribution is 2.55. The van der Waals surface area contributed by atoms with Crippen molar-refractivity contribution in [2.75, 3.05) is 0 Å². The summed E-state index contributed by atoms with van der Waals surface area (Å²) in [4.78, 5) is 0. The van der Waals surface area contributed by atoms with E-state index < -0.39 is 0 Å². The Kier molecular flexibility index (Phi) is 2.05. The highest BCUT2D eigenvalue weighted by molar-refractivity contribution is 5.83. The molecule has 1 heterocycles. The van der Waals surface area contributed by atoms with Gasteiger partial charge in [0.1, 0.15) is 0 Å². The Bertz CT molecular complexity index is 640. The normalized spacial score (nSPS) is 13.6. The molecule has 0 saturated carbocycles. The van der Waals surface area contributed by atoms with Crippen molar-refractivity contribution in [3.05, 3.63) is 47.0 Å². The quantitative estimate of drug-likeness (QED) is 0.469. The Balaban J connectivity index is 1.86. The number of hydrogen-bond acceptors (Lipinski definition) is 1. The monoisotopic (exact) mass is 236 g/mol. The van der Waals surface area contributed by atoms with E-state index in [1.165, 1.54) is 46.4 Å². The maximum absolute atomic E-state index is 5.64. The van der Waals surface area contributed by atoms with Crippen LogP contribution in [0.15, 0.2) is 30.3 Å². The summed E-state index contributed by atoms with van der Waals surface area (Å²) in [6.07, 6.45) is 4.74. The summed E-state index contributed by atoms with van der Waals surface area (Å²) >= 11 is 0.